The third-order valence-electron chi connectivity index (χ3n) is 2.73. The molecule has 1 atom stereocenters. The van der Waals surface area contributed by atoms with Crippen LogP contribution in [-0.2, 0) is 6.54 Å². The highest BCUT2D eigenvalue weighted by molar-refractivity contribution is 5.14. The zero-order valence-electron chi connectivity index (χ0n) is 10.0. The minimum atomic E-state index is 0.600. The standard InChI is InChI=1S/C13H22N2/c1-12(14-2)9-10-15(3)11-13-7-5-4-6-8-13/h4-8,12,14H,9-11H2,1-3H3. The second-order valence-electron chi connectivity index (χ2n) is 4.20. The number of hydrogen-bond acceptors (Lipinski definition) is 2. The largest absolute Gasteiger partial charge is 0.317 e. The molecule has 0 fully saturated rings. The first kappa shape index (κ1) is 12.2. The molecule has 0 aliphatic heterocycles. The SMILES string of the molecule is CNC(C)CCN(C)Cc1ccccc1. The summed E-state index contributed by atoms with van der Waals surface area (Å²) in [5.74, 6) is 0. The zero-order valence-corrected chi connectivity index (χ0v) is 10.0. The molecule has 0 heterocycles. The van der Waals surface area contributed by atoms with Gasteiger partial charge in [0.25, 0.3) is 0 Å². The highest BCUT2D eigenvalue weighted by Crippen LogP contribution is 2.03. The van der Waals surface area contributed by atoms with E-state index in [1.807, 2.05) is 7.05 Å². The molecule has 1 unspecified atom stereocenters. The van der Waals surface area contributed by atoms with Crippen molar-refractivity contribution in [1.29, 1.82) is 0 Å². The van der Waals surface area contributed by atoms with E-state index in [-0.39, 0.29) is 0 Å². The molecule has 2 heteroatoms. The van der Waals surface area contributed by atoms with Gasteiger partial charge in [-0.3, -0.25) is 0 Å². The highest BCUT2D eigenvalue weighted by Gasteiger charge is 2.02. The van der Waals surface area contributed by atoms with Crippen LogP contribution in [0.15, 0.2) is 30.3 Å². The smallest absolute Gasteiger partial charge is 0.0230 e. The molecular weight excluding hydrogens is 184 g/mol. The lowest BCUT2D eigenvalue weighted by Gasteiger charge is -2.19. The quantitative estimate of drug-likeness (QED) is 0.767. The van der Waals surface area contributed by atoms with Crippen molar-refractivity contribution < 1.29 is 0 Å². The summed E-state index contributed by atoms with van der Waals surface area (Å²) < 4.78 is 0. The van der Waals surface area contributed by atoms with E-state index in [9.17, 15) is 0 Å². The Hall–Kier alpha value is -0.860. The normalized spacial score (nSPS) is 13.1. The van der Waals surface area contributed by atoms with Crippen molar-refractivity contribution in [3.05, 3.63) is 35.9 Å². The first-order valence-corrected chi connectivity index (χ1v) is 5.62. The van der Waals surface area contributed by atoms with E-state index in [2.05, 4.69) is 54.5 Å². The topological polar surface area (TPSA) is 15.3 Å². The molecule has 15 heavy (non-hydrogen) atoms. The number of benzene rings is 1. The maximum absolute atomic E-state index is 3.26. The van der Waals surface area contributed by atoms with E-state index in [0.29, 0.717) is 6.04 Å². The fraction of sp³-hybridized carbons (Fsp3) is 0.538. The van der Waals surface area contributed by atoms with Crippen LogP contribution in [0.4, 0.5) is 0 Å². The van der Waals surface area contributed by atoms with E-state index in [4.69, 9.17) is 0 Å². The van der Waals surface area contributed by atoms with Gasteiger partial charge in [-0.15, -0.1) is 0 Å². The molecule has 1 aromatic rings. The Labute approximate surface area is 93.3 Å². The monoisotopic (exact) mass is 206 g/mol. The first-order chi connectivity index (χ1) is 7.22. The molecular formula is C13H22N2. The molecule has 0 aliphatic carbocycles. The maximum Gasteiger partial charge on any atom is 0.0230 e. The van der Waals surface area contributed by atoms with E-state index in [1.165, 1.54) is 12.0 Å². The van der Waals surface area contributed by atoms with Gasteiger partial charge in [-0.05, 0) is 39.5 Å². The third-order valence-corrected chi connectivity index (χ3v) is 2.73. The Bertz CT molecular complexity index is 258. The summed E-state index contributed by atoms with van der Waals surface area (Å²) in [5.41, 5.74) is 1.39. The molecule has 1 rings (SSSR count). The Balaban J connectivity index is 2.27. The van der Waals surface area contributed by atoms with Gasteiger partial charge >= 0.3 is 0 Å². The molecule has 0 amide bonds. The van der Waals surface area contributed by atoms with Crippen LogP contribution in [0.5, 0.6) is 0 Å². The predicted octanol–water partition coefficient (Wildman–Crippen LogP) is 2.12. The van der Waals surface area contributed by atoms with E-state index in [0.717, 1.165) is 13.1 Å². The van der Waals surface area contributed by atoms with Crippen LogP contribution in [0.25, 0.3) is 0 Å². The molecule has 0 radical (unpaired) electrons. The number of nitrogens with zero attached hydrogens (tertiary/aromatic N) is 1. The van der Waals surface area contributed by atoms with Crippen LogP contribution in [0.1, 0.15) is 18.9 Å². The van der Waals surface area contributed by atoms with Gasteiger partial charge in [-0.1, -0.05) is 30.3 Å². The third kappa shape index (κ3) is 4.96. The van der Waals surface area contributed by atoms with Crippen molar-refractivity contribution in [2.24, 2.45) is 0 Å². The van der Waals surface area contributed by atoms with E-state index < -0.39 is 0 Å². The summed E-state index contributed by atoms with van der Waals surface area (Å²) in [6.07, 6.45) is 1.19. The van der Waals surface area contributed by atoms with Crippen molar-refractivity contribution in [2.75, 3.05) is 20.6 Å². The van der Waals surface area contributed by atoms with Gasteiger partial charge in [-0.25, -0.2) is 0 Å². The lowest BCUT2D eigenvalue weighted by atomic mass is 10.2. The average Bonchev–Trinajstić information content (AvgIpc) is 2.27. The van der Waals surface area contributed by atoms with Gasteiger partial charge < -0.3 is 10.2 Å². The van der Waals surface area contributed by atoms with Crippen molar-refractivity contribution in [2.45, 2.75) is 25.9 Å². The number of hydrogen-bond donors (Lipinski definition) is 1. The van der Waals surface area contributed by atoms with Crippen LogP contribution in [0.3, 0.4) is 0 Å². The first-order valence-electron chi connectivity index (χ1n) is 5.62. The minimum Gasteiger partial charge on any atom is -0.317 e. The van der Waals surface area contributed by atoms with Gasteiger partial charge in [0.2, 0.25) is 0 Å². The summed E-state index contributed by atoms with van der Waals surface area (Å²) in [7, 11) is 4.19. The fourth-order valence-electron chi connectivity index (χ4n) is 1.53. The Morgan fingerprint density at radius 3 is 2.53 bits per heavy atom. The molecule has 1 N–H and O–H groups in total. The molecule has 84 valence electrons. The lowest BCUT2D eigenvalue weighted by Crippen LogP contribution is -2.28. The zero-order chi connectivity index (χ0) is 11.1. The van der Waals surface area contributed by atoms with Crippen LogP contribution < -0.4 is 5.32 Å². The summed E-state index contributed by atoms with van der Waals surface area (Å²) in [5, 5.41) is 3.26. The predicted molar refractivity (Wildman–Crippen MR) is 65.9 cm³/mol. The van der Waals surface area contributed by atoms with Gasteiger partial charge in [0.05, 0.1) is 0 Å². The van der Waals surface area contributed by atoms with Crippen LogP contribution >= 0.6 is 0 Å². The molecule has 0 aromatic heterocycles. The van der Waals surface area contributed by atoms with E-state index >= 15 is 0 Å². The van der Waals surface area contributed by atoms with Gasteiger partial charge in [0, 0.05) is 12.6 Å². The summed E-state index contributed by atoms with van der Waals surface area (Å²) >= 11 is 0. The van der Waals surface area contributed by atoms with Gasteiger partial charge in [-0.2, -0.15) is 0 Å². The Morgan fingerprint density at radius 1 is 1.27 bits per heavy atom. The van der Waals surface area contributed by atoms with Crippen molar-refractivity contribution in [3.63, 3.8) is 0 Å². The van der Waals surface area contributed by atoms with Crippen LogP contribution in [0, 0.1) is 0 Å². The second-order valence-corrected chi connectivity index (χ2v) is 4.20. The van der Waals surface area contributed by atoms with Crippen molar-refractivity contribution in [3.8, 4) is 0 Å². The number of rotatable bonds is 6. The molecule has 0 bridgehead atoms. The maximum atomic E-state index is 3.26. The highest BCUT2D eigenvalue weighted by atomic mass is 15.1. The average molecular weight is 206 g/mol. The number of nitrogens with one attached hydrogen (secondary N) is 1. The molecule has 0 saturated heterocycles. The van der Waals surface area contributed by atoms with Gasteiger partial charge in [0.15, 0.2) is 0 Å². The molecule has 1 aromatic carbocycles. The molecule has 0 spiro atoms. The van der Waals surface area contributed by atoms with Crippen molar-refractivity contribution in [1.82, 2.24) is 10.2 Å². The molecule has 2 nitrogen and oxygen atoms in total. The fourth-order valence-corrected chi connectivity index (χ4v) is 1.53. The van der Waals surface area contributed by atoms with Crippen LogP contribution in [-0.4, -0.2) is 31.6 Å². The van der Waals surface area contributed by atoms with E-state index in [1.54, 1.807) is 0 Å². The Morgan fingerprint density at radius 2 is 1.93 bits per heavy atom. The summed E-state index contributed by atoms with van der Waals surface area (Å²) in [6.45, 7) is 4.39. The molecule has 0 saturated carbocycles. The summed E-state index contributed by atoms with van der Waals surface area (Å²) in [4.78, 5) is 2.36. The second kappa shape index (κ2) is 6.59. The van der Waals surface area contributed by atoms with Crippen LogP contribution in [0.2, 0.25) is 0 Å². The minimum absolute atomic E-state index is 0.600. The lowest BCUT2D eigenvalue weighted by molar-refractivity contribution is 0.307. The van der Waals surface area contributed by atoms with Crippen molar-refractivity contribution >= 4 is 0 Å². The Kier molecular flexibility index (Phi) is 5.37. The molecule has 0 aliphatic rings. The van der Waals surface area contributed by atoms with Gasteiger partial charge in [0.1, 0.15) is 0 Å². The summed E-state index contributed by atoms with van der Waals surface area (Å²) in [6, 6.07) is 11.2.